The highest BCUT2D eigenvalue weighted by Gasteiger charge is 1.95. The van der Waals surface area contributed by atoms with Gasteiger partial charge < -0.3 is 0 Å². The van der Waals surface area contributed by atoms with Crippen LogP contribution in [0.5, 0.6) is 0 Å². The Hall–Kier alpha value is -2.47. The lowest BCUT2D eigenvalue weighted by molar-refractivity contribution is 0.112. The predicted octanol–water partition coefficient (Wildman–Crippen LogP) is 4.97. The zero-order valence-corrected chi connectivity index (χ0v) is 12.5. The van der Waals surface area contributed by atoms with Crippen LogP contribution in [-0.4, -0.2) is 26.7 Å². The summed E-state index contributed by atoms with van der Waals surface area (Å²) in [4.78, 5) is 10.3. The largest absolute Gasteiger partial charge is 0.298 e. The van der Waals surface area contributed by atoms with E-state index in [1.165, 1.54) is 0 Å². The molecule has 0 saturated heterocycles. The van der Waals surface area contributed by atoms with E-state index in [1.807, 2.05) is 24.3 Å². The standard InChI is InChI=1S/C8H6N2O.C7H5BrN2.2CH4/c11-5-6-1-2-8-7(3-6)4-9-10-8;8-6-1-2-7-5(3-6)4-9-10-7;;/h1-5H,(H,9,10);1-4H,(H,9,10);2*1H4. The molecule has 2 aromatic heterocycles. The van der Waals surface area contributed by atoms with E-state index in [0.717, 1.165) is 32.6 Å². The highest BCUT2D eigenvalue weighted by atomic mass is 79.9. The van der Waals surface area contributed by atoms with Crippen molar-refractivity contribution in [2.24, 2.45) is 0 Å². The van der Waals surface area contributed by atoms with Gasteiger partial charge in [0.25, 0.3) is 0 Å². The van der Waals surface area contributed by atoms with E-state index in [1.54, 1.807) is 24.5 Å². The molecular formula is C17H19BrN4O. The van der Waals surface area contributed by atoms with E-state index in [-0.39, 0.29) is 14.9 Å². The Balaban J connectivity index is 0.000000212. The number of carbonyl (C=O) groups is 1. The minimum Gasteiger partial charge on any atom is -0.298 e. The molecule has 5 nitrogen and oxygen atoms in total. The van der Waals surface area contributed by atoms with Crippen LogP contribution >= 0.6 is 15.9 Å². The molecule has 0 aliphatic rings. The fourth-order valence-corrected chi connectivity index (χ4v) is 2.33. The minimum absolute atomic E-state index is 0. The molecule has 23 heavy (non-hydrogen) atoms. The third-order valence-corrected chi connectivity index (χ3v) is 3.50. The first kappa shape index (κ1) is 18.6. The number of nitrogens with zero attached hydrogens (tertiary/aromatic N) is 2. The Bertz CT molecular complexity index is 898. The number of aldehydes is 1. The third-order valence-electron chi connectivity index (χ3n) is 3.00. The highest BCUT2D eigenvalue weighted by molar-refractivity contribution is 9.10. The Morgan fingerprint density at radius 3 is 2.04 bits per heavy atom. The van der Waals surface area contributed by atoms with Crippen molar-refractivity contribution in [2.75, 3.05) is 0 Å². The van der Waals surface area contributed by atoms with E-state index >= 15 is 0 Å². The molecule has 2 heterocycles. The zero-order valence-electron chi connectivity index (χ0n) is 10.9. The molecule has 0 radical (unpaired) electrons. The summed E-state index contributed by atoms with van der Waals surface area (Å²) in [6, 6.07) is 11.4. The number of carbonyl (C=O) groups excluding carboxylic acids is 1. The number of fused-ring (bicyclic) bond motifs is 2. The second kappa shape index (κ2) is 8.24. The second-order valence-corrected chi connectivity index (χ2v) is 5.35. The summed E-state index contributed by atoms with van der Waals surface area (Å²) in [6.45, 7) is 0. The van der Waals surface area contributed by atoms with Gasteiger partial charge >= 0.3 is 0 Å². The van der Waals surface area contributed by atoms with Gasteiger partial charge in [0.2, 0.25) is 0 Å². The first-order valence-electron chi connectivity index (χ1n) is 6.23. The first-order chi connectivity index (χ1) is 10.3. The van der Waals surface area contributed by atoms with Gasteiger partial charge in [-0.3, -0.25) is 15.0 Å². The molecule has 4 aromatic rings. The molecule has 2 N–H and O–H groups in total. The fourth-order valence-electron chi connectivity index (χ4n) is 1.95. The average molecular weight is 375 g/mol. The lowest BCUT2D eigenvalue weighted by Crippen LogP contribution is -1.76. The summed E-state index contributed by atoms with van der Waals surface area (Å²) in [5.41, 5.74) is 2.71. The van der Waals surface area contributed by atoms with E-state index in [4.69, 9.17) is 0 Å². The molecular weight excluding hydrogens is 356 g/mol. The molecule has 2 aromatic carbocycles. The first-order valence-corrected chi connectivity index (χ1v) is 7.02. The van der Waals surface area contributed by atoms with Crippen LogP contribution in [0.15, 0.2) is 53.3 Å². The molecule has 0 aliphatic carbocycles. The van der Waals surface area contributed by atoms with Crippen LogP contribution in [0.2, 0.25) is 0 Å². The van der Waals surface area contributed by atoms with Crippen molar-refractivity contribution in [3.8, 4) is 0 Å². The topological polar surface area (TPSA) is 74.4 Å². The van der Waals surface area contributed by atoms with Crippen LogP contribution in [0.4, 0.5) is 0 Å². The fraction of sp³-hybridized carbons (Fsp3) is 0.118. The van der Waals surface area contributed by atoms with Crippen LogP contribution in [0.3, 0.4) is 0 Å². The van der Waals surface area contributed by atoms with Crippen molar-refractivity contribution in [2.45, 2.75) is 14.9 Å². The number of rotatable bonds is 1. The van der Waals surface area contributed by atoms with Crippen molar-refractivity contribution in [3.05, 3.63) is 58.8 Å². The molecule has 0 fully saturated rings. The minimum atomic E-state index is 0. The number of benzene rings is 2. The maximum Gasteiger partial charge on any atom is 0.150 e. The summed E-state index contributed by atoms with van der Waals surface area (Å²) in [5, 5.41) is 15.5. The summed E-state index contributed by atoms with van der Waals surface area (Å²) in [5.74, 6) is 0. The van der Waals surface area contributed by atoms with E-state index in [0.29, 0.717) is 5.56 Å². The lowest BCUT2D eigenvalue weighted by Gasteiger charge is -1.88. The molecule has 0 aliphatic heterocycles. The molecule has 6 heteroatoms. The number of halogens is 1. The number of H-pyrrole nitrogens is 2. The van der Waals surface area contributed by atoms with Crippen LogP contribution in [0.25, 0.3) is 21.8 Å². The van der Waals surface area contributed by atoms with Crippen molar-refractivity contribution in [3.63, 3.8) is 0 Å². The lowest BCUT2D eigenvalue weighted by atomic mass is 10.2. The normalized spacial score (nSPS) is 9.43. The Morgan fingerprint density at radius 2 is 1.43 bits per heavy atom. The highest BCUT2D eigenvalue weighted by Crippen LogP contribution is 2.16. The Labute approximate surface area is 143 Å². The van der Waals surface area contributed by atoms with Gasteiger partial charge in [-0.05, 0) is 36.4 Å². The maximum absolute atomic E-state index is 10.3. The van der Waals surface area contributed by atoms with Gasteiger partial charge in [-0.25, -0.2) is 0 Å². The van der Waals surface area contributed by atoms with Gasteiger partial charge in [-0.2, -0.15) is 10.2 Å². The van der Waals surface area contributed by atoms with Gasteiger partial charge in [0, 0.05) is 20.8 Å². The van der Waals surface area contributed by atoms with E-state index in [2.05, 4.69) is 36.3 Å². The third kappa shape index (κ3) is 4.26. The smallest absolute Gasteiger partial charge is 0.150 e. The van der Waals surface area contributed by atoms with E-state index in [9.17, 15) is 4.79 Å². The van der Waals surface area contributed by atoms with Gasteiger partial charge in [-0.15, -0.1) is 0 Å². The number of aromatic amines is 2. The van der Waals surface area contributed by atoms with Crippen molar-refractivity contribution in [1.82, 2.24) is 20.4 Å². The summed E-state index contributed by atoms with van der Waals surface area (Å²) in [6.07, 6.45) is 4.33. The van der Waals surface area contributed by atoms with Crippen LogP contribution < -0.4 is 0 Å². The molecule has 0 atom stereocenters. The summed E-state index contributed by atoms with van der Waals surface area (Å²) >= 11 is 3.38. The SMILES string of the molecule is Brc1ccc2[nH]ncc2c1.C.C.O=Cc1ccc2[nH]ncc2c1. The van der Waals surface area contributed by atoms with Crippen LogP contribution in [0.1, 0.15) is 25.2 Å². The number of nitrogens with one attached hydrogen (secondary N) is 2. The zero-order chi connectivity index (χ0) is 14.7. The van der Waals surface area contributed by atoms with Gasteiger partial charge in [0.1, 0.15) is 6.29 Å². The van der Waals surface area contributed by atoms with Crippen molar-refractivity contribution in [1.29, 1.82) is 0 Å². The van der Waals surface area contributed by atoms with Crippen LogP contribution in [-0.2, 0) is 0 Å². The molecule has 120 valence electrons. The Morgan fingerprint density at radius 1 is 0.870 bits per heavy atom. The molecule has 4 rings (SSSR count). The quantitative estimate of drug-likeness (QED) is 0.461. The molecule has 0 spiro atoms. The van der Waals surface area contributed by atoms with E-state index < -0.39 is 0 Å². The second-order valence-electron chi connectivity index (χ2n) is 4.44. The summed E-state index contributed by atoms with van der Waals surface area (Å²) < 4.78 is 1.08. The van der Waals surface area contributed by atoms with Crippen molar-refractivity contribution >= 4 is 44.0 Å². The molecule has 0 unspecified atom stereocenters. The number of hydrogen-bond donors (Lipinski definition) is 2. The van der Waals surface area contributed by atoms with Crippen LogP contribution in [0, 0.1) is 0 Å². The van der Waals surface area contributed by atoms with Gasteiger partial charge in [0.05, 0.1) is 23.4 Å². The molecule has 0 bridgehead atoms. The predicted molar refractivity (Wildman–Crippen MR) is 98.7 cm³/mol. The van der Waals surface area contributed by atoms with Gasteiger partial charge in [0.15, 0.2) is 0 Å². The Kier molecular flexibility index (Phi) is 6.65. The monoisotopic (exact) mass is 374 g/mol. The number of aromatic nitrogens is 4. The van der Waals surface area contributed by atoms with Crippen molar-refractivity contribution < 1.29 is 4.79 Å². The van der Waals surface area contributed by atoms with Gasteiger partial charge in [-0.1, -0.05) is 30.8 Å². The number of hydrogen-bond acceptors (Lipinski definition) is 3. The average Bonchev–Trinajstić information content (AvgIpc) is 3.15. The summed E-state index contributed by atoms with van der Waals surface area (Å²) in [7, 11) is 0. The molecule has 0 saturated carbocycles. The maximum atomic E-state index is 10.3. The molecule has 0 amide bonds.